The molecule has 1 fully saturated rings. The molecule has 3 heteroatoms. The molecule has 1 saturated carbocycles. The van der Waals surface area contributed by atoms with Crippen LogP contribution in [-0.2, 0) is 4.79 Å². The summed E-state index contributed by atoms with van der Waals surface area (Å²) in [5.74, 6) is 1.80. The van der Waals surface area contributed by atoms with E-state index in [4.69, 9.17) is 15.3 Å². The molecule has 96 valence electrons. The Morgan fingerprint density at radius 2 is 1.76 bits per heavy atom. The van der Waals surface area contributed by atoms with Gasteiger partial charge in [0.05, 0.1) is 7.11 Å². The van der Waals surface area contributed by atoms with Gasteiger partial charge < -0.3 is 15.3 Å². The highest BCUT2D eigenvalue weighted by Crippen LogP contribution is 2.40. The maximum Gasteiger partial charge on any atom is 0.118 e. The lowest BCUT2D eigenvalue weighted by atomic mass is 10.1. The van der Waals surface area contributed by atoms with E-state index in [1.165, 1.54) is 25.3 Å². The van der Waals surface area contributed by atoms with E-state index in [0.717, 1.165) is 24.5 Å². The van der Waals surface area contributed by atoms with Gasteiger partial charge in [-0.1, -0.05) is 19.1 Å². The van der Waals surface area contributed by atoms with Crippen LogP contribution in [0.5, 0.6) is 5.75 Å². The molecule has 1 aliphatic rings. The van der Waals surface area contributed by atoms with Crippen LogP contribution in [0.2, 0.25) is 0 Å². The zero-order valence-corrected chi connectivity index (χ0v) is 11.0. The van der Waals surface area contributed by atoms with Crippen LogP contribution < -0.4 is 10.5 Å². The Morgan fingerprint density at radius 1 is 1.35 bits per heavy atom. The molecule has 3 nitrogen and oxygen atoms in total. The Balaban J connectivity index is 0.000000366. The number of hydrogen-bond acceptors (Lipinski definition) is 3. The van der Waals surface area contributed by atoms with Crippen molar-refractivity contribution in [3.8, 4) is 5.75 Å². The number of nitrogens with two attached hydrogens (primary N) is 1. The number of methoxy groups -OCH3 is 1. The van der Waals surface area contributed by atoms with E-state index in [1.54, 1.807) is 7.11 Å². The third-order valence-electron chi connectivity index (χ3n) is 2.16. The SMILES string of the molecule is CC=O.CCN.COc1ccc(C2CC2)cc1. The highest BCUT2D eigenvalue weighted by atomic mass is 16.5. The standard InChI is InChI=1S/C10H12O.C2H7N.C2H4O/c1-11-10-6-4-9(5-7-10)8-2-3-8;2*1-2-3/h4-8H,2-3H2,1H3;2-3H2,1H3;2H,1H3. The zero-order valence-electron chi connectivity index (χ0n) is 11.0. The molecule has 0 atom stereocenters. The van der Waals surface area contributed by atoms with E-state index in [1.807, 2.05) is 19.1 Å². The molecule has 0 unspecified atom stereocenters. The highest BCUT2D eigenvalue weighted by molar-refractivity contribution is 5.44. The lowest BCUT2D eigenvalue weighted by Gasteiger charge is -2.00. The van der Waals surface area contributed by atoms with Crippen molar-refractivity contribution in [1.29, 1.82) is 0 Å². The Hall–Kier alpha value is -1.35. The van der Waals surface area contributed by atoms with Gasteiger partial charge in [-0.25, -0.2) is 0 Å². The first-order valence-corrected chi connectivity index (χ1v) is 5.97. The molecule has 17 heavy (non-hydrogen) atoms. The van der Waals surface area contributed by atoms with Crippen molar-refractivity contribution in [2.75, 3.05) is 13.7 Å². The van der Waals surface area contributed by atoms with Gasteiger partial charge in [0.25, 0.3) is 0 Å². The summed E-state index contributed by atoms with van der Waals surface area (Å²) in [4.78, 5) is 8.81. The number of rotatable bonds is 2. The van der Waals surface area contributed by atoms with Crippen LogP contribution in [0.15, 0.2) is 24.3 Å². The van der Waals surface area contributed by atoms with Gasteiger partial charge in [-0.3, -0.25) is 0 Å². The average Bonchev–Trinajstić information content (AvgIpc) is 3.15. The number of ether oxygens (including phenoxy) is 1. The molecule has 0 aromatic heterocycles. The topological polar surface area (TPSA) is 52.3 Å². The Bertz CT molecular complexity index is 292. The molecule has 0 amide bonds. The minimum absolute atomic E-state index is 0.750. The smallest absolute Gasteiger partial charge is 0.118 e. The summed E-state index contributed by atoms with van der Waals surface area (Å²) >= 11 is 0. The fourth-order valence-corrected chi connectivity index (χ4v) is 1.29. The second kappa shape index (κ2) is 9.85. The molecule has 0 spiro atoms. The predicted molar refractivity (Wildman–Crippen MR) is 71.4 cm³/mol. The van der Waals surface area contributed by atoms with E-state index in [2.05, 4.69) is 12.1 Å². The Morgan fingerprint density at radius 3 is 2.06 bits per heavy atom. The first kappa shape index (κ1) is 15.7. The summed E-state index contributed by atoms with van der Waals surface area (Å²) in [5, 5.41) is 0. The third kappa shape index (κ3) is 7.53. The number of aldehydes is 1. The van der Waals surface area contributed by atoms with Gasteiger partial charge in [0.2, 0.25) is 0 Å². The van der Waals surface area contributed by atoms with Gasteiger partial charge in [0, 0.05) is 0 Å². The molecular weight excluding hydrogens is 214 g/mol. The molecular formula is C14H23NO2. The van der Waals surface area contributed by atoms with Crippen LogP contribution in [0.25, 0.3) is 0 Å². The fraction of sp³-hybridized carbons (Fsp3) is 0.500. The highest BCUT2D eigenvalue weighted by Gasteiger charge is 2.22. The molecule has 0 aliphatic heterocycles. The van der Waals surface area contributed by atoms with E-state index in [0.29, 0.717) is 0 Å². The van der Waals surface area contributed by atoms with E-state index < -0.39 is 0 Å². The molecule has 0 radical (unpaired) electrons. The zero-order chi connectivity index (χ0) is 13.1. The van der Waals surface area contributed by atoms with Crippen LogP contribution in [0.3, 0.4) is 0 Å². The molecule has 0 saturated heterocycles. The molecule has 1 aliphatic carbocycles. The summed E-state index contributed by atoms with van der Waals surface area (Å²) in [6, 6.07) is 8.40. The molecule has 0 heterocycles. The fourth-order valence-electron chi connectivity index (χ4n) is 1.29. The minimum Gasteiger partial charge on any atom is -0.497 e. The number of benzene rings is 1. The van der Waals surface area contributed by atoms with Gasteiger partial charge in [-0.05, 0) is 49.9 Å². The predicted octanol–water partition coefficient (Wildman–Crippen LogP) is 2.74. The average molecular weight is 237 g/mol. The van der Waals surface area contributed by atoms with Crippen molar-refractivity contribution in [2.24, 2.45) is 5.73 Å². The van der Waals surface area contributed by atoms with Crippen molar-refractivity contribution in [3.63, 3.8) is 0 Å². The largest absolute Gasteiger partial charge is 0.497 e. The summed E-state index contributed by atoms with van der Waals surface area (Å²) in [5.41, 5.74) is 6.31. The first-order chi connectivity index (χ1) is 8.23. The van der Waals surface area contributed by atoms with Crippen molar-refractivity contribution < 1.29 is 9.53 Å². The van der Waals surface area contributed by atoms with Gasteiger partial charge in [0.15, 0.2) is 0 Å². The van der Waals surface area contributed by atoms with Gasteiger partial charge >= 0.3 is 0 Å². The monoisotopic (exact) mass is 237 g/mol. The summed E-state index contributed by atoms with van der Waals surface area (Å²) < 4.78 is 5.07. The molecule has 1 aromatic carbocycles. The van der Waals surface area contributed by atoms with Gasteiger partial charge in [-0.15, -0.1) is 0 Å². The van der Waals surface area contributed by atoms with Gasteiger partial charge in [0.1, 0.15) is 12.0 Å². The first-order valence-electron chi connectivity index (χ1n) is 5.97. The second-order valence-electron chi connectivity index (χ2n) is 3.69. The lowest BCUT2D eigenvalue weighted by Crippen LogP contribution is -1.87. The number of carbonyl (C=O) groups excluding carboxylic acids is 1. The van der Waals surface area contributed by atoms with Crippen molar-refractivity contribution in [2.45, 2.75) is 32.6 Å². The maximum absolute atomic E-state index is 8.81. The minimum atomic E-state index is 0.750. The maximum atomic E-state index is 8.81. The number of carbonyl (C=O) groups is 1. The molecule has 2 rings (SSSR count). The van der Waals surface area contributed by atoms with Crippen molar-refractivity contribution in [1.82, 2.24) is 0 Å². The third-order valence-corrected chi connectivity index (χ3v) is 2.16. The van der Waals surface area contributed by atoms with Gasteiger partial charge in [-0.2, -0.15) is 0 Å². The van der Waals surface area contributed by atoms with E-state index >= 15 is 0 Å². The van der Waals surface area contributed by atoms with Crippen LogP contribution in [0.1, 0.15) is 38.2 Å². The summed E-state index contributed by atoms with van der Waals surface area (Å²) in [7, 11) is 1.70. The molecule has 0 bridgehead atoms. The summed E-state index contributed by atoms with van der Waals surface area (Å²) in [6.07, 6.45) is 3.48. The molecule has 2 N–H and O–H groups in total. The van der Waals surface area contributed by atoms with E-state index in [-0.39, 0.29) is 0 Å². The second-order valence-corrected chi connectivity index (χ2v) is 3.69. The lowest BCUT2D eigenvalue weighted by molar-refractivity contribution is -0.106. The van der Waals surface area contributed by atoms with Crippen LogP contribution in [0, 0.1) is 0 Å². The van der Waals surface area contributed by atoms with Crippen molar-refractivity contribution in [3.05, 3.63) is 29.8 Å². The Labute approximate surface area is 104 Å². The number of hydrogen-bond donors (Lipinski definition) is 1. The normalized spacial score (nSPS) is 12.5. The Kier molecular flexibility index (Phi) is 9.06. The summed E-state index contributed by atoms with van der Waals surface area (Å²) in [6.45, 7) is 4.10. The molecule has 1 aromatic rings. The van der Waals surface area contributed by atoms with Crippen LogP contribution in [-0.4, -0.2) is 19.9 Å². The van der Waals surface area contributed by atoms with Crippen molar-refractivity contribution >= 4 is 6.29 Å². The van der Waals surface area contributed by atoms with Crippen LogP contribution >= 0.6 is 0 Å². The quantitative estimate of drug-likeness (QED) is 0.805. The van der Waals surface area contributed by atoms with Crippen LogP contribution in [0.4, 0.5) is 0 Å². The van der Waals surface area contributed by atoms with E-state index in [9.17, 15) is 0 Å².